The van der Waals surface area contributed by atoms with Gasteiger partial charge in [-0.05, 0) is 13.3 Å². The number of amides is 1. The van der Waals surface area contributed by atoms with Gasteiger partial charge in [0.25, 0.3) is 0 Å². The Balaban J connectivity index is 2.36. The van der Waals surface area contributed by atoms with Crippen molar-refractivity contribution in [1.29, 1.82) is 0 Å². The molecule has 4 nitrogen and oxygen atoms in total. The molecule has 0 aromatic carbocycles. The fraction of sp³-hybridized carbons (Fsp3) is 0.857. The molecule has 1 rings (SSSR count). The lowest BCUT2D eigenvalue weighted by atomic mass is 10.1. The molecule has 0 radical (unpaired) electrons. The Labute approximate surface area is 66.0 Å². The summed E-state index contributed by atoms with van der Waals surface area (Å²) in [5.41, 5.74) is 4.37. The van der Waals surface area contributed by atoms with Gasteiger partial charge in [-0.2, -0.15) is 0 Å². The maximum absolute atomic E-state index is 10.5. The van der Waals surface area contributed by atoms with Gasteiger partial charge in [-0.1, -0.05) is 0 Å². The van der Waals surface area contributed by atoms with Gasteiger partial charge in [0.2, 0.25) is 5.91 Å². The van der Waals surface area contributed by atoms with Crippen LogP contribution < -0.4 is 5.73 Å². The van der Waals surface area contributed by atoms with Crippen LogP contribution in [0.5, 0.6) is 0 Å². The maximum atomic E-state index is 10.5. The van der Waals surface area contributed by atoms with Gasteiger partial charge in [0.15, 0.2) is 0 Å². The van der Waals surface area contributed by atoms with Crippen LogP contribution in [0, 0.1) is 0 Å². The third-order valence-electron chi connectivity index (χ3n) is 1.91. The van der Waals surface area contributed by atoms with E-state index in [0.29, 0.717) is 6.54 Å². The largest absolute Gasteiger partial charge is 0.389 e. The Kier molecular flexibility index (Phi) is 2.15. The standard InChI is InChI=1S/C7H14N2O2/c1-7(11)2-3-9(5-7)4-6(8)10/h11H,2-5H2,1H3,(H2,8,10). The lowest BCUT2D eigenvalue weighted by molar-refractivity contribution is -0.119. The molecule has 64 valence electrons. The zero-order chi connectivity index (χ0) is 8.48. The first-order valence-electron chi connectivity index (χ1n) is 3.73. The lowest BCUT2D eigenvalue weighted by Gasteiger charge is -2.16. The second-order valence-corrected chi connectivity index (χ2v) is 3.42. The van der Waals surface area contributed by atoms with E-state index < -0.39 is 5.60 Å². The summed E-state index contributed by atoms with van der Waals surface area (Å²) in [6.45, 7) is 3.34. The number of nitrogens with zero attached hydrogens (tertiary/aromatic N) is 1. The SMILES string of the molecule is CC1(O)CCN(CC(N)=O)C1. The minimum Gasteiger partial charge on any atom is -0.389 e. The van der Waals surface area contributed by atoms with Gasteiger partial charge in [-0.25, -0.2) is 0 Å². The van der Waals surface area contributed by atoms with Crippen molar-refractivity contribution in [3.05, 3.63) is 0 Å². The quantitative estimate of drug-likeness (QED) is 0.537. The van der Waals surface area contributed by atoms with E-state index in [1.807, 2.05) is 4.90 Å². The molecule has 1 aliphatic heterocycles. The smallest absolute Gasteiger partial charge is 0.231 e. The number of hydrogen-bond acceptors (Lipinski definition) is 3. The number of primary amides is 1. The molecular formula is C7H14N2O2. The number of nitrogens with two attached hydrogens (primary N) is 1. The number of aliphatic hydroxyl groups is 1. The van der Waals surface area contributed by atoms with Gasteiger partial charge in [0.05, 0.1) is 12.1 Å². The highest BCUT2D eigenvalue weighted by Crippen LogP contribution is 2.19. The summed E-state index contributed by atoms with van der Waals surface area (Å²) in [6.07, 6.45) is 0.722. The molecule has 1 aliphatic rings. The zero-order valence-electron chi connectivity index (χ0n) is 6.71. The molecule has 0 saturated carbocycles. The Morgan fingerprint density at radius 3 is 2.82 bits per heavy atom. The Morgan fingerprint density at radius 2 is 2.45 bits per heavy atom. The third kappa shape index (κ3) is 2.48. The van der Waals surface area contributed by atoms with Gasteiger partial charge < -0.3 is 10.8 Å². The van der Waals surface area contributed by atoms with Crippen molar-refractivity contribution in [2.45, 2.75) is 18.9 Å². The van der Waals surface area contributed by atoms with Crippen LogP contribution in [0.1, 0.15) is 13.3 Å². The predicted molar refractivity (Wildman–Crippen MR) is 40.9 cm³/mol. The van der Waals surface area contributed by atoms with E-state index in [-0.39, 0.29) is 12.5 Å². The summed E-state index contributed by atoms with van der Waals surface area (Å²) in [5.74, 6) is -0.331. The normalized spacial score (nSPS) is 32.5. The topological polar surface area (TPSA) is 66.6 Å². The Bertz CT molecular complexity index is 168. The van der Waals surface area contributed by atoms with Crippen LogP contribution in [-0.4, -0.2) is 41.1 Å². The molecule has 1 unspecified atom stereocenters. The summed E-state index contributed by atoms with van der Waals surface area (Å²) >= 11 is 0. The average molecular weight is 158 g/mol. The first-order valence-corrected chi connectivity index (χ1v) is 3.73. The van der Waals surface area contributed by atoms with Crippen LogP contribution in [-0.2, 0) is 4.79 Å². The van der Waals surface area contributed by atoms with E-state index in [0.717, 1.165) is 13.0 Å². The zero-order valence-corrected chi connectivity index (χ0v) is 6.71. The molecule has 1 fully saturated rings. The lowest BCUT2D eigenvalue weighted by Crippen LogP contribution is -2.35. The second-order valence-electron chi connectivity index (χ2n) is 3.42. The maximum Gasteiger partial charge on any atom is 0.231 e. The van der Waals surface area contributed by atoms with Crippen molar-refractivity contribution >= 4 is 5.91 Å². The van der Waals surface area contributed by atoms with Crippen molar-refractivity contribution in [3.63, 3.8) is 0 Å². The van der Waals surface area contributed by atoms with Crippen LogP contribution in [0.2, 0.25) is 0 Å². The third-order valence-corrected chi connectivity index (χ3v) is 1.91. The minimum absolute atomic E-state index is 0.260. The average Bonchev–Trinajstić information content (AvgIpc) is 2.08. The molecule has 0 spiro atoms. The van der Waals surface area contributed by atoms with E-state index in [1.54, 1.807) is 6.92 Å². The molecule has 3 N–H and O–H groups in total. The van der Waals surface area contributed by atoms with Crippen LogP contribution in [0.4, 0.5) is 0 Å². The fourth-order valence-corrected chi connectivity index (χ4v) is 1.39. The summed E-state index contributed by atoms with van der Waals surface area (Å²) in [6, 6.07) is 0. The molecule has 1 heterocycles. The highest BCUT2D eigenvalue weighted by molar-refractivity contribution is 5.75. The van der Waals surface area contributed by atoms with Gasteiger partial charge in [-0.3, -0.25) is 9.69 Å². The molecule has 1 atom stereocenters. The minimum atomic E-state index is -0.630. The number of β-amino-alcohol motifs (C(OH)–C–C–N with tert-alkyl or cyclic N) is 1. The highest BCUT2D eigenvalue weighted by atomic mass is 16.3. The van der Waals surface area contributed by atoms with Crippen LogP contribution in [0.25, 0.3) is 0 Å². The molecule has 1 saturated heterocycles. The van der Waals surface area contributed by atoms with E-state index in [1.165, 1.54) is 0 Å². The number of hydrogen-bond donors (Lipinski definition) is 2. The van der Waals surface area contributed by atoms with E-state index in [2.05, 4.69) is 0 Å². The monoisotopic (exact) mass is 158 g/mol. The van der Waals surface area contributed by atoms with Gasteiger partial charge >= 0.3 is 0 Å². The molecule has 0 aromatic rings. The van der Waals surface area contributed by atoms with Gasteiger partial charge in [0.1, 0.15) is 0 Å². The second kappa shape index (κ2) is 2.79. The van der Waals surface area contributed by atoms with E-state index in [9.17, 15) is 9.90 Å². The van der Waals surface area contributed by atoms with Crippen molar-refractivity contribution in [3.8, 4) is 0 Å². The molecule has 0 aliphatic carbocycles. The van der Waals surface area contributed by atoms with Crippen LogP contribution >= 0.6 is 0 Å². The summed E-state index contributed by atoms with van der Waals surface area (Å²) in [4.78, 5) is 12.3. The predicted octanol–water partition coefficient (Wildman–Crippen LogP) is -1.07. The molecule has 11 heavy (non-hydrogen) atoms. The summed E-state index contributed by atoms with van der Waals surface area (Å²) in [7, 11) is 0. The van der Waals surface area contributed by atoms with E-state index in [4.69, 9.17) is 5.73 Å². The first kappa shape index (κ1) is 8.49. The number of carbonyl (C=O) groups excluding carboxylic acids is 1. The Hall–Kier alpha value is -0.610. The van der Waals surface area contributed by atoms with Crippen LogP contribution in [0.15, 0.2) is 0 Å². The van der Waals surface area contributed by atoms with Gasteiger partial charge in [-0.15, -0.1) is 0 Å². The summed E-state index contributed by atoms with van der Waals surface area (Å²) in [5, 5.41) is 9.48. The number of likely N-dealkylation sites (tertiary alicyclic amines) is 1. The molecule has 0 bridgehead atoms. The fourth-order valence-electron chi connectivity index (χ4n) is 1.39. The molecule has 4 heteroatoms. The molecule has 1 amide bonds. The number of rotatable bonds is 2. The van der Waals surface area contributed by atoms with Crippen molar-refractivity contribution in [2.75, 3.05) is 19.6 Å². The van der Waals surface area contributed by atoms with Crippen molar-refractivity contribution in [2.24, 2.45) is 5.73 Å². The van der Waals surface area contributed by atoms with Gasteiger partial charge in [0, 0.05) is 13.1 Å². The number of carbonyl (C=O) groups is 1. The van der Waals surface area contributed by atoms with Crippen molar-refractivity contribution < 1.29 is 9.90 Å². The molecule has 0 aromatic heterocycles. The van der Waals surface area contributed by atoms with Crippen LogP contribution in [0.3, 0.4) is 0 Å². The highest BCUT2D eigenvalue weighted by Gasteiger charge is 2.31. The van der Waals surface area contributed by atoms with Crippen molar-refractivity contribution in [1.82, 2.24) is 4.90 Å². The van der Waals surface area contributed by atoms with E-state index >= 15 is 0 Å². The first-order chi connectivity index (χ1) is 4.99. The molecular weight excluding hydrogens is 144 g/mol. The summed E-state index contributed by atoms with van der Waals surface area (Å²) < 4.78 is 0. The Morgan fingerprint density at radius 1 is 1.82 bits per heavy atom.